The molecule has 3 rings (SSSR count). The molecule has 0 heterocycles. The van der Waals surface area contributed by atoms with Crippen LogP contribution < -0.4 is 14.8 Å². The number of rotatable bonds is 8. The van der Waals surface area contributed by atoms with E-state index in [9.17, 15) is 0 Å². The third kappa shape index (κ3) is 5.96. The smallest absolute Gasteiger partial charge is 0.161 e. The number of benzene rings is 3. The molecule has 3 aromatic rings. The fourth-order valence-electron chi connectivity index (χ4n) is 2.65. The van der Waals surface area contributed by atoms with E-state index in [2.05, 4.69) is 5.32 Å². The first kappa shape index (κ1) is 20.7. The Bertz CT molecular complexity index is 909. The lowest BCUT2D eigenvalue weighted by molar-refractivity contribution is 0.269. The molecule has 0 fully saturated rings. The van der Waals surface area contributed by atoms with E-state index in [0.29, 0.717) is 46.3 Å². The summed E-state index contributed by atoms with van der Waals surface area (Å²) in [6, 6.07) is 18.8. The third-order valence-electron chi connectivity index (χ3n) is 3.97. The minimum atomic E-state index is 0.440. The van der Waals surface area contributed by atoms with E-state index in [0.717, 1.165) is 16.8 Å². The lowest BCUT2D eigenvalue weighted by Gasteiger charge is -2.14. The van der Waals surface area contributed by atoms with E-state index >= 15 is 0 Å². The van der Waals surface area contributed by atoms with Crippen molar-refractivity contribution in [3.8, 4) is 11.5 Å². The summed E-state index contributed by atoms with van der Waals surface area (Å²) in [6.07, 6.45) is 0. The fraction of sp³-hybridized carbons (Fsp3) is 0.182. The molecule has 0 radical (unpaired) electrons. The van der Waals surface area contributed by atoms with Crippen molar-refractivity contribution < 1.29 is 9.47 Å². The van der Waals surface area contributed by atoms with Crippen LogP contribution in [0.5, 0.6) is 11.5 Å². The van der Waals surface area contributed by atoms with Gasteiger partial charge in [-0.2, -0.15) is 0 Å². The predicted molar refractivity (Wildman–Crippen MR) is 117 cm³/mol. The zero-order valence-electron chi connectivity index (χ0n) is 15.3. The van der Waals surface area contributed by atoms with Crippen molar-refractivity contribution in [3.63, 3.8) is 0 Å². The normalized spacial score (nSPS) is 10.6. The summed E-state index contributed by atoms with van der Waals surface area (Å²) in [5.41, 5.74) is 2.95. The van der Waals surface area contributed by atoms with Crippen molar-refractivity contribution in [1.82, 2.24) is 0 Å². The first-order chi connectivity index (χ1) is 13.5. The number of hydrogen-bond acceptors (Lipinski definition) is 3. The van der Waals surface area contributed by atoms with Crippen LogP contribution in [-0.4, -0.2) is 6.61 Å². The lowest BCUT2D eigenvalue weighted by Crippen LogP contribution is -2.03. The van der Waals surface area contributed by atoms with Gasteiger partial charge in [0.05, 0.1) is 6.61 Å². The molecule has 146 valence electrons. The third-order valence-corrected chi connectivity index (χ3v) is 4.66. The van der Waals surface area contributed by atoms with Gasteiger partial charge in [0.1, 0.15) is 6.61 Å². The van der Waals surface area contributed by atoms with Crippen molar-refractivity contribution >= 4 is 40.5 Å². The van der Waals surface area contributed by atoms with Gasteiger partial charge in [0.15, 0.2) is 11.5 Å². The molecule has 6 heteroatoms. The summed E-state index contributed by atoms with van der Waals surface area (Å²) >= 11 is 18.0. The molecule has 1 N–H and O–H groups in total. The highest BCUT2D eigenvalue weighted by atomic mass is 35.5. The summed E-state index contributed by atoms with van der Waals surface area (Å²) in [4.78, 5) is 0. The average molecular weight is 437 g/mol. The molecule has 0 amide bonds. The Morgan fingerprint density at radius 2 is 1.39 bits per heavy atom. The van der Waals surface area contributed by atoms with Gasteiger partial charge in [-0.05, 0) is 60.5 Å². The molecule has 0 saturated heterocycles. The number of anilines is 1. The number of halogens is 3. The number of nitrogens with one attached hydrogen (secondary N) is 1. The van der Waals surface area contributed by atoms with Gasteiger partial charge in [-0.1, -0.05) is 53.0 Å². The maximum atomic E-state index is 6.04. The maximum Gasteiger partial charge on any atom is 0.161 e. The van der Waals surface area contributed by atoms with Crippen LogP contribution in [0.4, 0.5) is 5.69 Å². The van der Waals surface area contributed by atoms with E-state index in [1.807, 2.05) is 61.5 Å². The molecule has 0 unspecified atom stereocenters. The molecule has 3 nitrogen and oxygen atoms in total. The number of hydrogen-bond donors (Lipinski definition) is 1. The molecule has 0 atom stereocenters. The van der Waals surface area contributed by atoms with Gasteiger partial charge in [-0.15, -0.1) is 0 Å². The van der Waals surface area contributed by atoms with Gasteiger partial charge in [0, 0.05) is 27.3 Å². The topological polar surface area (TPSA) is 30.5 Å². The SMILES string of the molecule is CCOc1cc(CNc2cc(Cl)cc(Cl)c2)ccc1OCc1ccc(Cl)cc1. The second-order valence-corrected chi connectivity index (χ2v) is 7.45. The van der Waals surface area contributed by atoms with Gasteiger partial charge < -0.3 is 14.8 Å². The standard InChI is InChI=1S/C22H20Cl3NO2/c1-2-27-22-9-16(13-26-20-11-18(24)10-19(25)12-20)5-8-21(22)28-14-15-3-6-17(23)7-4-15/h3-12,26H,2,13-14H2,1H3. The molecule has 0 aliphatic heterocycles. The molecule has 0 aliphatic rings. The van der Waals surface area contributed by atoms with Crippen LogP contribution in [0, 0.1) is 0 Å². The molecule has 0 spiro atoms. The van der Waals surface area contributed by atoms with Crippen molar-refractivity contribution in [3.05, 3.63) is 86.9 Å². The van der Waals surface area contributed by atoms with E-state index in [4.69, 9.17) is 44.3 Å². The lowest BCUT2D eigenvalue weighted by atomic mass is 10.2. The minimum absolute atomic E-state index is 0.440. The van der Waals surface area contributed by atoms with Crippen LogP contribution in [-0.2, 0) is 13.2 Å². The minimum Gasteiger partial charge on any atom is -0.490 e. The van der Waals surface area contributed by atoms with E-state index in [1.54, 1.807) is 6.07 Å². The van der Waals surface area contributed by atoms with Crippen LogP contribution in [0.1, 0.15) is 18.1 Å². The largest absolute Gasteiger partial charge is 0.490 e. The van der Waals surface area contributed by atoms with Gasteiger partial charge >= 0.3 is 0 Å². The Labute approximate surface area is 180 Å². The summed E-state index contributed by atoms with van der Waals surface area (Å²) in [6.45, 7) is 3.55. The molecule has 28 heavy (non-hydrogen) atoms. The van der Waals surface area contributed by atoms with E-state index in [1.165, 1.54) is 0 Å². The average Bonchev–Trinajstić information content (AvgIpc) is 2.66. The second-order valence-electron chi connectivity index (χ2n) is 6.14. The van der Waals surface area contributed by atoms with Crippen molar-refractivity contribution in [2.75, 3.05) is 11.9 Å². The van der Waals surface area contributed by atoms with Crippen molar-refractivity contribution in [1.29, 1.82) is 0 Å². The van der Waals surface area contributed by atoms with Crippen molar-refractivity contribution in [2.24, 2.45) is 0 Å². The fourth-order valence-corrected chi connectivity index (χ4v) is 3.30. The zero-order valence-corrected chi connectivity index (χ0v) is 17.6. The Kier molecular flexibility index (Phi) is 7.32. The highest BCUT2D eigenvalue weighted by Gasteiger charge is 2.08. The van der Waals surface area contributed by atoms with Crippen LogP contribution in [0.25, 0.3) is 0 Å². The monoisotopic (exact) mass is 435 g/mol. The van der Waals surface area contributed by atoms with Crippen LogP contribution in [0.3, 0.4) is 0 Å². The van der Waals surface area contributed by atoms with Crippen LogP contribution in [0.2, 0.25) is 15.1 Å². The van der Waals surface area contributed by atoms with Crippen LogP contribution in [0.15, 0.2) is 60.7 Å². The summed E-state index contributed by atoms with van der Waals surface area (Å²) < 4.78 is 11.7. The predicted octanol–water partition coefficient (Wildman–Crippen LogP) is 7.24. The maximum absolute atomic E-state index is 6.04. The molecule has 0 saturated carbocycles. The van der Waals surface area contributed by atoms with Gasteiger partial charge in [0.2, 0.25) is 0 Å². The van der Waals surface area contributed by atoms with Crippen molar-refractivity contribution in [2.45, 2.75) is 20.1 Å². The highest BCUT2D eigenvalue weighted by molar-refractivity contribution is 6.35. The summed E-state index contributed by atoms with van der Waals surface area (Å²) in [7, 11) is 0. The number of ether oxygens (including phenoxy) is 2. The van der Waals surface area contributed by atoms with Crippen LogP contribution >= 0.6 is 34.8 Å². The molecule has 3 aromatic carbocycles. The molecule has 0 bridgehead atoms. The summed E-state index contributed by atoms with van der Waals surface area (Å²) in [5, 5.41) is 5.21. The summed E-state index contributed by atoms with van der Waals surface area (Å²) in [5.74, 6) is 1.41. The Balaban J connectivity index is 1.68. The first-order valence-electron chi connectivity index (χ1n) is 8.86. The van der Waals surface area contributed by atoms with E-state index in [-0.39, 0.29) is 0 Å². The van der Waals surface area contributed by atoms with Gasteiger partial charge in [0.25, 0.3) is 0 Å². The molecule has 0 aromatic heterocycles. The zero-order chi connectivity index (χ0) is 19.9. The molecule has 0 aliphatic carbocycles. The second kappa shape index (κ2) is 9.92. The molecular formula is C22H20Cl3NO2. The Morgan fingerprint density at radius 3 is 2.07 bits per heavy atom. The Morgan fingerprint density at radius 1 is 0.714 bits per heavy atom. The quantitative estimate of drug-likeness (QED) is 0.404. The Hall–Kier alpha value is -2.07. The van der Waals surface area contributed by atoms with E-state index < -0.39 is 0 Å². The van der Waals surface area contributed by atoms with Gasteiger partial charge in [-0.25, -0.2) is 0 Å². The van der Waals surface area contributed by atoms with Gasteiger partial charge in [-0.3, -0.25) is 0 Å². The first-order valence-corrected chi connectivity index (χ1v) is 10.00. The molecular weight excluding hydrogens is 417 g/mol. The highest BCUT2D eigenvalue weighted by Crippen LogP contribution is 2.30.